The van der Waals surface area contributed by atoms with Gasteiger partial charge in [-0.25, -0.2) is 0 Å². The Hall–Kier alpha value is -1.44. The molecule has 0 aromatic rings. The number of hydrogen-bond acceptors (Lipinski definition) is 2. The van der Waals surface area contributed by atoms with E-state index in [1.807, 2.05) is 0 Å². The van der Waals surface area contributed by atoms with Gasteiger partial charge in [-0.15, -0.1) is 0 Å². The zero-order valence-corrected chi connectivity index (χ0v) is 24.9. The van der Waals surface area contributed by atoms with E-state index in [-0.39, 0.29) is 16.2 Å². The first kappa shape index (κ1) is 27.1. The summed E-state index contributed by atoms with van der Waals surface area (Å²) in [4.78, 5) is 24.3. The number of Topliss-reactive ketones (excluding diaryl/α,β-unsaturated/α-hetero) is 2. The minimum Gasteiger partial charge on any atom is -0.299 e. The van der Waals surface area contributed by atoms with Crippen LogP contribution in [-0.2, 0) is 9.59 Å². The summed E-state index contributed by atoms with van der Waals surface area (Å²) in [6.45, 7) is 16.2. The molecule has 6 aliphatic rings. The monoisotopic (exact) mass is 504 g/mol. The molecule has 0 aromatic carbocycles. The molecule has 0 heterocycles. The number of rotatable bonds is 0. The maximum absolute atomic E-state index is 12.3. The lowest BCUT2D eigenvalue weighted by molar-refractivity contribution is -0.141. The molecule has 0 unspecified atom stereocenters. The highest BCUT2D eigenvalue weighted by Crippen LogP contribution is 2.65. The maximum atomic E-state index is 12.3. The predicted octanol–water partition coefficient (Wildman–Crippen LogP) is 9.49. The molecule has 2 nitrogen and oxygen atoms in total. The fourth-order valence-corrected chi connectivity index (χ4v) is 10.3. The summed E-state index contributed by atoms with van der Waals surface area (Å²) in [5.41, 5.74) is 7.12. The lowest BCUT2D eigenvalue weighted by Crippen LogP contribution is -2.54. The van der Waals surface area contributed by atoms with Crippen LogP contribution in [0.2, 0.25) is 0 Å². The first-order chi connectivity index (χ1) is 17.3. The average Bonchev–Trinajstić information content (AvgIpc) is 2.84. The molecule has 0 N–H and O–H groups in total. The fourth-order valence-electron chi connectivity index (χ4n) is 10.3. The fraction of sp³-hybridized carbons (Fsp3) is 0.771. The Kier molecular flexibility index (Phi) is 6.64. The maximum Gasteiger partial charge on any atom is 0.158 e. The van der Waals surface area contributed by atoms with Crippen molar-refractivity contribution >= 4 is 11.6 Å². The average molecular weight is 505 g/mol. The van der Waals surface area contributed by atoms with Crippen LogP contribution < -0.4 is 0 Å². The molecular formula is C35H52O2. The quantitative estimate of drug-likeness (QED) is 0.308. The van der Waals surface area contributed by atoms with E-state index in [0.717, 1.165) is 37.7 Å². The van der Waals surface area contributed by atoms with Gasteiger partial charge in [0, 0.05) is 23.7 Å². The molecule has 2 heteroatoms. The number of carbonyl (C=O) groups excluding carboxylic acids is 2. The number of carbonyl (C=O) groups is 2. The number of fused-ring (bicyclic) bond motifs is 6. The van der Waals surface area contributed by atoms with Gasteiger partial charge in [0.1, 0.15) is 5.78 Å². The van der Waals surface area contributed by atoms with Crippen LogP contribution in [0.5, 0.6) is 0 Å². The second-order valence-electron chi connectivity index (χ2n) is 15.2. The molecule has 3 fully saturated rings. The lowest BCUT2D eigenvalue weighted by Gasteiger charge is -2.60. The molecule has 6 aliphatic carbocycles. The van der Waals surface area contributed by atoms with Crippen molar-refractivity contribution in [2.75, 3.05) is 0 Å². The third-order valence-corrected chi connectivity index (χ3v) is 12.6. The van der Waals surface area contributed by atoms with E-state index in [4.69, 9.17) is 0 Å². The predicted molar refractivity (Wildman–Crippen MR) is 153 cm³/mol. The summed E-state index contributed by atoms with van der Waals surface area (Å²) in [7, 11) is 0. The van der Waals surface area contributed by atoms with E-state index in [2.05, 4.69) is 60.6 Å². The van der Waals surface area contributed by atoms with Crippen molar-refractivity contribution < 1.29 is 9.59 Å². The molecular weight excluding hydrogens is 452 g/mol. The molecule has 0 radical (unpaired) electrons. The molecule has 0 aromatic heterocycles. The molecule has 37 heavy (non-hydrogen) atoms. The third kappa shape index (κ3) is 4.10. The zero-order chi connectivity index (χ0) is 26.9. The van der Waals surface area contributed by atoms with Crippen molar-refractivity contribution in [1.29, 1.82) is 0 Å². The summed E-state index contributed by atoms with van der Waals surface area (Å²) >= 11 is 0. The van der Waals surface area contributed by atoms with Crippen molar-refractivity contribution in [3.05, 3.63) is 34.4 Å². The number of hydrogen-bond donors (Lipinski definition) is 0. The standard InChI is InChI=1S/C18H28O.C17H24O/c1-16(2)13-8-11-17(3)10-6-5-7-14(17)18(13,4)12-9-15(16)19;1-12-13-7-10-16(2)9-5-4-6-15(16)17(13,3)11-8-14(12)18/h7,13H,5-6,8-12H2,1-4H3;6H,4-5,7-11H2,1-3H3/t13-,17+,18-;16-,17+/m01/s1. The van der Waals surface area contributed by atoms with Gasteiger partial charge in [0.15, 0.2) is 5.78 Å². The normalized spacial score (nSPS) is 42.7. The summed E-state index contributed by atoms with van der Waals surface area (Å²) in [5.74, 6) is 1.44. The molecule has 6 rings (SSSR count). The van der Waals surface area contributed by atoms with Gasteiger partial charge in [-0.2, -0.15) is 0 Å². The van der Waals surface area contributed by atoms with Gasteiger partial charge in [-0.1, -0.05) is 70.4 Å². The summed E-state index contributed by atoms with van der Waals surface area (Å²) in [6.07, 6.45) is 21.5. The van der Waals surface area contributed by atoms with E-state index in [1.165, 1.54) is 63.4 Å². The first-order valence-corrected chi connectivity index (χ1v) is 15.5. The Morgan fingerprint density at radius 2 is 1.32 bits per heavy atom. The summed E-state index contributed by atoms with van der Waals surface area (Å²) < 4.78 is 0. The highest BCUT2D eigenvalue weighted by atomic mass is 16.1. The molecule has 0 spiro atoms. The Morgan fingerprint density at radius 3 is 2.00 bits per heavy atom. The van der Waals surface area contributed by atoms with E-state index < -0.39 is 0 Å². The smallest absolute Gasteiger partial charge is 0.158 e. The van der Waals surface area contributed by atoms with Crippen LogP contribution in [0, 0.1) is 33.0 Å². The second kappa shape index (κ2) is 9.06. The van der Waals surface area contributed by atoms with Gasteiger partial charge < -0.3 is 0 Å². The molecule has 0 bridgehead atoms. The van der Waals surface area contributed by atoms with Crippen molar-refractivity contribution in [2.24, 2.45) is 33.0 Å². The first-order valence-electron chi connectivity index (χ1n) is 15.5. The van der Waals surface area contributed by atoms with E-state index in [9.17, 15) is 9.59 Å². The summed E-state index contributed by atoms with van der Waals surface area (Å²) in [5, 5.41) is 0. The van der Waals surface area contributed by atoms with Gasteiger partial charge >= 0.3 is 0 Å². The van der Waals surface area contributed by atoms with Crippen molar-refractivity contribution in [3.63, 3.8) is 0 Å². The third-order valence-electron chi connectivity index (χ3n) is 12.6. The van der Waals surface area contributed by atoms with Gasteiger partial charge in [-0.3, -0.25) is 9.59 Å². The highest BCUT2D eigenvalue weighted by molar-refractivity contribution is 5.97. The Morgan fingerprint density at radius 1 is 0.703 bits per heavy atom. The van der Waals surface area contributed by atoms with Crippen LogP contribution in [-0.4, -0.2) is 11.6 Å². The van der Waals surface area contributed by atoms with Crippen molar-refractivity contribution in [1.82, 2.24) is 0 Å². The highest BCUT2D eigenvalue weighted by Gasteiger charge is 2.58. The van der Waals surface area contributed by atoms with Crippen LogP contribution in [0.3, 0.4) is 0 Å². The molecule has 0 amide bonds. The van der Waals surface area contributed by atoms with Crippen LogP contribution in [0.25, 0.3) is 0 Å². The minimum atomic E-state index is -0.118. The summed E-state index contributed by atoms with van der Waals surface area (Å²) in [6, 6.07) is 0. The van der Waals surface area contributed by atoms with Crippen LogP contribution in [0.1, 0.15) is 138 Å². The van der Waals surface area contributed by atoms with Crippen LogP contribution >= 0.6 is 0 Å². The molecule has 3 saturated carbocycles. The van der Waals surface area contributed by atoms with Gasteiger partial charge in [0.25, 0.3) is 0 Å². The van der Waals surface area contributed by atoms with Gasteiger partial charge in [0.2, 0.25) is 0 Å². The van der Waals surface area contributed by atoms with E-state index >= 15 is 0 Å². The number of ketones is 2. The molecule has 204 valence electrons. The number of allylic oxidation sites excluding steroid dienone is 6. The van der Waals surface area contributed by atoms with E-state index in [0.29, 0.717) is 28.3 Å². The SMILES string of the molecule is CC1(C)C(=O)CC[C@]2(C)C3=CCCC[C@]3(C)CC[C@@H]12.CC1=C2CC[C@@]3(C)CCCC=C3[C@@]2(C)CCC1=O. The van der Waals surface area contributed by atoms with Crippen molar-refractivity contribution in [3.8, 4) is 0 Å². The van der Waals surface area contributed by atoms with E-state index in [1.54, 1.807) is 11.1 Å². The van der Waals surface area contributed by atoms with Crippen LogP contribution in [0.4, 0.5) is 0 Å². The van der Waals surface area contributed by atoms with Gasteiger partial charge in [-0.05, 0) is 112 Å². The molecule has 0 aliphatic heterocycles. The Balaban J connectivity index is 0.000000152. The Labute approximate surface area is 226 Å². The second-order valence-corrected chi connectivity index (χ2v) is 15.2. The van der Waals surface area contributed by atoms with Crippen molar-refractivity contribution in [2.45, 2.75) is 138 Å². The topological polar surface area (TPSA) is 34.1 Å². The minimum absolute atomic E-state index is 0.118. The molecule has 5 atom stereocenters. The largest absolute Gasteiger partial charge is 0.299 e. The molecule has 0 saturated heterocycles. The lowest BCUT2D eigenvalue weighted by atomic mass is 9.44. The Bertz CT molecular complexity index is 1080. The van der Waals surface area contributed by atoms with Crippen LogP contribution in [0.15, 0.2) is 34.4 Å². The zero-order valence-electron chi connectivity index (χ0n) is 24.9. The van der Waals surface area contributed by atoms with Gasteiger partial charge in [0.05, 0.1) is 0 Å².